The van der Waals surface area contributed by atoms with Crippen LogP contribution in [0.15, 0.2) is 30.3 Å². The summed E-state index contributed by atoms with van der Waals surface area (Å²) in [7, 11) is 0. The van der Waals surface area contributed by atoms with Crippen molar-refractivity contribution in [2.45, 2.75) is 12.8 Å². The molecule has 3 N–H and O–H groups in total. The van der Waals surface area contributed by atoms with Crippen molar-refractivity contribution in [2.24, 2.45) is 0 Å². The van der Waals surface area contributed by atoms with E-state index in [1.807, 2.05) is 17.0 Å². The lowest BCUT2D eigenvalue weighted by atomic mass is 10.1. The number of ketones is 1. The number of anilines is 1. The molecule has 3 amide bonds. The molecule has 0 bridgehead atoms. The number of likely N-dealkylation sites (tertiary alicyclic amines) is 1. The Morgan fingerprint density at radius 1 is 1.03 bits per heavy atom. The van der Waals surface area contributed by atoms with Crippen LogP contribution in [0.3, 0.4) is 0 Å². The van der Waals surface area contributed by atoms with E-state index in [1.165, 1.54) is 11.3 Å². The number of hydrogen-bond acceptors (Lipinski definition) is 7. The minimum Gasteiger partial charge on any atom is -0.379 e. The Morgan fingerprint density at radius 2 is 1.83 bits per heavy atom. The smallest absolute Gasteiger partial charge is 0.333 e. The number of aromatic amines is 1. The monoisotopic (exact) mass is 492 g/mol. The summed E-state index contributed by atoms with van der Waals surface area (Å²) in [6.07, 6.45) is 2.06. The van der Waals surface area contributed by atoms with Crippen LogP contribution in [0.25, 0.3) is 21.8 Å². The first kappa shape index (κ1) is 22.0. The van der Waals surface area contributed by atoms with Crippen molar-refractivity contribution in [1.29, 1.82) is 0 Å². The molecule has 3 aliphatic rings. The van der Waals surface area contributed by atoms with Gasteiger partial charge in [-0.1, -0.05) is 12.1 Å². The lowest BCUT2D eigenvalue weighted by Gasteiger charge is -2.27. The fourth-order valence-electron chi connectivity index (χ4n) is 4.80. The minimum absolute atomic E-state index is 0.0262. The number of hydrogen-bond donors (Lipinski definition) is 3. The summed E-state index contributed by atoms with van der Waals surface area (Å²) in [4.78, 5) is 42.2. The number of rotatable bonds is 4. The number of amides is 3. The third-order valence-electron chi connectivity index (χ3n) is 6.52. The van der Waals surface area contributed by atoms with Crippen molar-refractivity contribution in [2.75, 3.05) is 44.7 Å². The molecular weight excluding hydrogens is 468 g/mol. The molecule has 4 heterocycles. The lowest BCUT2D eigenvalue weighted by molar-refractivity contribution is 0.0207. The van der Waals surface area contributed by atoms with Crippen LogP contribution < -0.4 is 10.7 Å². The molecule has 0 atom stereocenters. The zero-order chi connectivity index (χ0) is 23.9. The van der Waals surface area contributed by atoms with Gasteiger partial charge in [0.15, 0.2) is 5.78 Å². The van der Waals surface area contributed by atoms with E-state index in [-0.39, 0.29) is 11.7 Å². The molecule has 3 aromatic rings. The number of hydrazine groups is 1. The third kappa shape index (κ3) is 3.91. The van der Waals surface area contributed by atoms with E-state index in [0.29, 0.717) is 64.9 Å². The number of nitrogens with zero attached hydrogens (tertiary/aromatic N) is 3. The first-order valence-electron chi connectivity index (χ1n) is 11.7. The van der Waals surface area contributed by atoms with Crippen molar-refractivity contribution in [3.05, 3.63) is 46.3 Å². The van der Waals surface area contributed by atoms with E-state index in [1.54, 1.807) is 23.2 Å². The molecule has 1 aliphatic carbocycles. The number of H-pyrrole nitrogens is 1. The Morgan fingerprint density at radius 3 is 2.63 bits per heavy atom. The predicted molar refractivity (Wildman–Crippen MR) is 130 cm³/mol. The molecule has 2 saturated heterocycles. The van der Waals surface area contributed by atoms with Crippen LogP contribution in [0, 0.1) is 0 Å². The Labute approximate surface area is 205 Å². The normalized spacial score (nSPS) is 17.4. The number of ether oxygens (including phenoxy) is 1. The van der Waals surface area contributed by atoms with E-state index in [0.717, 1.165) is 30.8 Å². The summed E-state index contributed by atoms with van der Waals surface area (Å²) >= 11 is 1.35. The number of nitrogens with one attached hydrogen (secondary N) is 3. The van der Waals surface area contributed by atoms with Crippen molar-refractivity contribution >= 4 is 34.7 Å². The summed E-state index contributed by atoms with van der Waals surface area (Å²) in [6, 6.07) is 8.58. The highest BCUT2D eigenvalue weighted by atomic mass is 32.1. The molecule has 0 unspecified atom stereocenters. The van der Waals surface area contributed by atoms with Gasteiger partial charge in [-0.15, -0.1) is 11.3 Å². The van der Waals surface area contributed by atoms with Gasteiger partial charge in [0, 0.05) is 31.7 Å². The number of aromatic nitrogens is 2. The van der Waals surface area contributed by atoms with Crippen molar-refractivity contribution < 1.29 is 19.1 Å². The van der Waals surface area contributed by atoms with Crippen molar-refractivity contribution in [3.63, 3.8) is 0 Å². The maximum absolute atomic E-state index is 13.6. The van der Waals surface area contributed by atoms with Gasteiger partial charge < -0.3 is 15.0 Å². The largest absolute Gasteiger partial charge is 0.379 e. The van der Waals surface area contributed by atoms with Crippen LogP contribution in [-0.2, 0) is 4.74 Å². The number of thiophene rings is 1. The summed E-state index contributed by atoms with van der Waals surface area (Å²) in [5.41, 5.74) is 5.97. The Kier molecular flexibility index (Phi) is 5.59. The van der Waals surface area contributed by atoms with Crippen LogP contribution in [0.1, 0.15) is 38.4 Å². The second kappa shape index (κ2) is 8.91. The maximum atomic E-state index is 13.6. The molecular formula is C24H24N6O4S. The Bertz CT molecular complexity index is 1320. The highest BCUT2D eigenvalue weighted by molar-refractivity contribution is 7.17. The number of morpholine rings is 1. The molecule has 35 heavy (non-hydrogen) atoms. The zero-order valence-electron chi connectivity index (χ0n) is 18.9. The summed E-state index contributed by atoms with van der Waals surface area (Å²) in [6.45, 7) is 3.87. The number of benzene rings is 1. The van der Waals surface area contributed by atoms with Crippen molar-refractivity contribution in [1.82, 2.24) is 25.5 Å². The summed E-state index contributed by atoms with van der Waals surface area (Å²) < 4.78 is 5.30. The van der Waals surface area contributed by atoms with Gasteiger partial charge in [0.1, 0.15) is 5.69 Å². The topological polar surface area (TPSA) is 120 Å². The SMILES string of the molecule is O=C(Nc1cccc2c1C(=O)c1c(-c3ccc(C(=O)N4CCCC4)s3)n[nH]c1-2)NN1CCOCC1. The summed E-state index contributed by atoms with van der Waals surface area (Å²) in [5.74, 6) is -0.180. The van der Waals surface area contributed by atoms with E-state index in [9.17, 15) is 14.4 Å². The molecule has 6 rings (SSSR count). The molecule has 0 spiro atoms. The van der Waals surface area contributed by atoms with E-state index >= 15 is 0 Å². The molecule has 2 fully saturated rings. The van der Waals surface area contributed by atoms with Crippen LogP contribution in [-0.4, -0.2) is 77.2 Å². The maximum Gasteiger partial charge on any atom is 0.333 e. The van der Waals surface area contributed by atoms with Gasteiger partial charge in [-0.25, -0.2) is 9.80 Å². The third-order valence-corrected chi connectivity index (χ3v) is 7.60. The van der Waals surface area contributed by atoms with E-state index in [4.69, 9.17) is 4.74 Å². The minimum atomic E-state index is -0.412. The standard InChI is InChI=1S/C24H24N6O4S/c31-22-18-14(4-3-5-15(18)25-24(33)28-30-10-12-34-13-11-30)20-19(22)21(27-26-20)16-6-7-17(35-16)23(32)29-8-1-2-9-29/h3-7H,1-2,8-13H2,(H,26,27)(H2,25,28,33). The van der Waals surface area contributed by atoms with E-state index < -0.39 is 6.03 Å². The van der Waals surface area contributed by atoms with Crippen molar-refractivity contribution in [3.8, 4) is 21.8 Å². The number of carbonyl (C=O) groups excluding carboxylic acids is 3. The molecule has 10 nitrogen and oxygen atoms in total. The van der Waals surface area contributed by atoms with Gasteiger partial charge in [-0.2, -0.15) is 5.10 Å². The molecule has 0 saturated carbocycles. The second-order valence-electron chi connectivity index (χ2n) is 8.71. The molecule has 11 heteroatoms. The molecule has 2 aliphatic heterocycles. The number of urea groups is 1. The second-order valence-corrected chi connectivity index (χ2v) is 9.79. The molecule has 1 aromatic carbocycles. The fraction of sp³-hybridized carbons (Fsp3) is 0.333. The Balaban J connectivity index is 1.25. The average Bonchev–Trinajstić information content (AvgIpc) is 3.66. The van der Waals surface area contributed by atoms with Gasteiger partial charge in [0.25, 0.3) is 5.91 Å². The first-order chi connectivity index (χ1) is 17.1. The number of fused-ring (bicyclic) bond motifs is 3. The van der Waals surface area contributed by atoms with Gasteiger partial charge in [-0.3, -0.25) is 20.1 Å². The Hall–Kier alpha value is -3.54. The van der Waals surface area contributed by atoms with Crippen LogP contribution in [0.2, 0.25) is 0 Å². The number of carbonyl (C=O) groups is 3. The van der Waals surface area contributed by atoms with Crippen LogP contribution in [0.4, 0.5) is 10.5 Å². The molecule has 180 valence electrons. The predicted octanol–water partition coefficient (Wildman–Crippen LogP) is 2.95. The highest BCUT2D eigenvalue weighted by Crippen LogP contribution is 2.44. The summed E-state index contributed by atoms with van der Waals surface area (Å²) in [5, 5.41) is 12.0. The molecule has 0 radical (unpaired) electrons. The van der Waals surface area contributed by atoms with Gasteiger partial charge in [0.2, 0.25) is 0 Å². The molecule has 2 aromatic heterocycles. The van der Waals surface area contributed by atoms with E-state index in [2.05, 4.69) is 20.9 Å². The van der Waals surface area contributed by atoms with Crippen LogP contribution >= 0.6 is 11.3 Å². The average molecular weight is 493 g/mol. The highest BCUT2D eigenvalue weighted by Gasteiger charge is 2.35. The lowest BCUT2D eigenvalue weighted by Crippen LogP contribution is -2.49. The quantitative estimate of drug-likeness (QED) is 0.403. The first-order valence-corrected chi connectivity index (χ1v) is 12.5. The zero-order valence-corrected chi connectivity index (χ0v) is 19.7. The van der Waals surface area contributed by atoms with Gasteiger partial charge in [0.05, 0.1) is 45.5 Å². The van der Waals surface area contributed by atoms with Gasteiger partial charge >= 0.3 is 6.03 Å². The fourth-order valence-corrected chi connectivity index (χ4v) is 5.77. The van der Waals surface area contributed by atoms with Gasteiger partial charge in [-0.05, 0) is 31.0 Å². The van der Waals surface area contributed by atoms with Crippen LogP contribution in [0.5, 0.6) is 0 Å².